The minimum absolute atomic E-state index is 0.116. The van der Waals surface area contributed by atoms with E-state index in [1.807, 2.05) is 51.4 Å². The molecule has 9 heteroatoms. The van der Waals surface area contributed by atoms with Crippen LogP contribution in [0.25, 0.3) is 28.3 Å². The first kappa shape index (κ1) is 23.6. The summed E-state index contributed by atoms with van der Waals surface area (Å²) in [5, 5.41) is 24.6. The predicted octanol–water partition coefficient (Wildman–Crippen LogP) is 3.08. The topological polar surface area (TPSA) is 109 Å². The molecule has 1 aliphatic rings. The molecule has 3 heterocycles. The molecule has 0 aliphatic heterocycles. The number of aldehydes is 1. The van der Waals surface area contributed by atoms with E-state index in [-0.39, 0.29) is 6.61 Å². The largest absolute Gasteiger partial charge is 0.396 e. The Kier molecular flexibility index (Phi) is 7.34. The second-order valence-corrected chi connectivity index (χ2v) is 8.42. The van der Waals surface area contributed by atoms with Crippen LogP contribution in [0.1, 0.15) is 35.2 Å². The van der Waals surface area contributed by atoms with E-state index < -0.39 is 0 Å². The van der Waals surface area contributed by atoms with Gasteiger partial charge in [0.15, 0.2) is 5.65 Å². The van der Waals surface area contributed by atoms with Crippen LogP contribution in [0.4, 0.5) is 5.69 Å². The molecular formula is C25H31N7O2. The maximum absolute atomic E-state index is 11.2. The molecule has 178 valence electrons. The van der Waals surface area contributed by atoms with Crippen molar-refractivity contribution in [1.29, 1.82) is 0 Å². The molecule has 3 aromatic heterocycles. The van der Waals surface area contributed by atoms with Gasteiger partial charge in [0.1, 0.15) is 12.0 Å². The second kappa shape index (κ2) is 10.6. The van der Waals surface area contributed by atoms with Gasteiger partial charge in [0.2, 0.25) is 0 Å². The van der Waals surface area contributed by atoms with Crippen molar-refractivity contribution in [3.05, 3.63) is 53.9 Å². The summed E-state index contributed by atoms with van der Waals surface area (Å²) in [6, 6.07) is 10.4. The van der Waals surface area contributed by atoms with E-state index in [1.54, 1.807) is 21.6 Å². The molecule has 5 rings (SSSR count). The summed E-state index contributed by atoms with van der Waals surface area (Å²) >= 11 is 0. The van der Waals surface area contributed by atoms with Crippen LogP contribution >= 0.6 is 0 Å². The zero-order chi connectivity index (χ0) is 24.1. The zero-order valence-electron chi connectivity index (χ0n) is 19.8. The van der Waals surface area contributed by atoms with Gasteiger partial charge in [0.25, 0.3) is 0 Å². The summed E-state index contributed by atoms with van der Waals surface area (Å²) in [4.78, 5) is 15.7. The maximum Gasteiger partial charge on any atom is 0.177 e. The fourth-order valence-electron chi connectivity index (χ4n) is 3.69. The average molecular weight is 462 g/mol. The molecule has 0 bridgehead atoms. The van der Waals surface area contributed by atoms with Crippen LogP contribution in [0.5, 0.6) is 0 Å². The summed E-state index contributed by atoms with van der Waals surface area (Å²) in [5.74, 6) is 0. The molecule has 1 fully saturated rings. The summed E-state index contributed by atoms with van der Waals surface area (Å²) in [7, 11) is 3.88. The number of aryl methyl sites for hydroxylation is 2. The molecule has 1 aromatic carbocycles. The van der Waals surface area contributed by atoms with Gasteiger partial charge in [-0.15, -0.1) is 0 Å². The van der Waals surface area contributed by atoms with Gasteiger partial charge >= 0.3 is 0 Å². The first-order chi connectivity index (χ1) is 16.5. The van der Waals surface area contributed by atoms with Gasteiger partial charge in [-0.2, -0.15) is 10.2 Å². The van der Waals surface area contributed by atoms with E-state index in [9.17, 15) is 4.79 Å². The Morgan fingerprint density at radius 2 is 2.03 bits per heavy atom. The molecular weight excluding hydrogens is 430 g/mol. The highest BCUT2D eigenvalue weighted by molar-refractivity contribution is 5.80. The number of anilines is 1. The number of carbonyl (C=O) groups excluding carboxylic acids is 1. The molecule has 0 unspecified atom stereocenters. The van der Waals surface area contributed by atoms with Crippen molar-refractivity contribution in [3.8, 4) is 22.6 Å². The molecule has 9 nitrogen and oxygen atoms in total. The van der Waals surface area contributed by atoms with Crippen molar-refractivity contribution < 1.29 is 9.90 Å². The number of aromatic nitrogens is 5. The highest BCUT2D eigenvalue weighted by Gasteiger charge is 2.17. The van der Waals surface area contributed by atoms with E-state index in [4.69, 9.17) is 10.2 Å². The van der Waals surface area contributed by atoms with Crippen molar-refractivity contribution in [2.45, 2.75) is 32.2 Å². The van der Waals surface area contributed by atoms with Crippen LogP contribution in [0, 0.1) is 6.92 Å². The first-order valence-electron chi connectivity index (χ1n) is 11.5. The lowest BCUT2D eigenvalue weighted by molar-refractivity contribution is 0.112. The maximum atomic E-state index is 11.2. The molecule has 34 heavy (non-hydrogen) atoms. The SMILES string of the molecule is CNC1CC1.Cc1cc(-c2cnc3c(NCCCO)cc(-c4ccnn4C)nn23)ccc1C=O. The van der Waals surface area contributed by atoms with Crippen LogP contribution < -0.4 is 10.6 Å². The lowest BCUT2D eigenvalue weighted by Gasteiger charge is -2.11. The molecule has 4 aromatic rings. The van der Waals surface area contributed by atoms with Gasteiger partial charge in [0.05, 0.1) is 23.3 Å². The lowest BCUT2D eigenvalue weighted by atomic mass is 10.0. The molecule has 0 amide bonds. The molecule has 1 saturated carbocycles. The van der Waals surface area contributed by atoms with Crippen LogP contribution in [-0.4, -0.2) is 62.0 Å². The highest BCUT2D eigenvalue weighted by atomic mass is 16.3. The quantitative estimate of drug-likeness (QED) is 0.273. The van der Waals surface area contributed by atoms with Gasteiger partial charge in [-0.25, -0.2) is 9.50 Å². The van der Waals surface area contributed by atoms with Crippen LogP contribution in [0.15, 0.2) is 42.7 Å². The Balaban J connectivity index is 0.000000486. The number of benzene rings is 1. The summed E-state index contributed by atoms with van der Waals surface area (Å²) < 4.78 is 3.57. The number of aliphatic hydroxyl groups is 1. The Bertz CT molecular complexity index is 1270. The van der Waals surface area contributed by atoms with Crippen molar-refractivity contribution in [1.82, 2.24) is 29.7 Å². The fraction of sp³-hybridized carbons (Fsp3) is 0.360. The lowest BCUT2D eigenvalue weighted by Crippen LogP contribution is -2.08. The van der Waals surface area contributed by atoms with Gasteiger partial charge in [-0.3, -0.25) is 9.48 Å². The minimum atomic E-state index is 0.116. The molecule has 3 N–H and O–H groups in total. The molecule has 0 spiro atoms. The van der Waals surface area contributed by atoms with Crippen molar-refractivity contribution in [2.24, 2.45) is 7.05 Å². The Morgan fingerprint density at radius 3 is 2.62 bits per heavy atom. The smallest absolute Gasteiger partial charge is 0.177 e. The Labute approximate surface area is 198 Å². The van der Waals surface area contributed by atoms with E-state index in [0.29, 0.717) is 24.2 Å². The molecule has 1 aliphatic carbocycles. The average Bonchev–Trinajstić information content (AvgIpc) is 3.45. The molecule has 0 saturated heterocycles. The number of fused-ring (bicyclic) bond motifs is 1. The van der Waals surface area contributed by atoms with Crippen molar-refractivity contribution in [2.75, 3.05) is 25.5 Å². The van der Waals surface area contributed by atoms with Crippen LogP contribution in [-0.2, 0) is 7.05 Å². The highest BCUT2D eigenvalue weighted by Crippen LogP contribution is 2.28. The van der Waals surface area contributed by atoms with E-state index in [2.05, 4.69) is 20.7 Å². The van der Waals surface area contributed by atoms with Gasteiger partial charge in [0, 0.05) is 43.6 Å². The Hall–Kier alpha value is -3.56. The second-order valence-electron chi connectivity index (χ2n) is 8.42. The Morgan fingerprint density at radius 1 is 1.21 bits per heavy atom. The normalized spacial score (nSPS) is 12.9. The van der Waals surface area contributed by atoms with Gasteiger partial charge in [-0.1, -0.05) is 12.1 Å². The fourth-order valence-corrected chi connectivity index (χ4v) is 3.69. The number of hydrogen-bond donors (Lipinski definition) is 3. The van der Waals surface area contributed by atoms with E-state index in [0.717, 1.165) is 46.2 Å². The van der Waals surface area contributed by atoms with Crippen molar-refractivity contribution in [3.63, 3.8) is 0 Å². The predicted molar refractivity (Wildman–Crippen MR) is 133 cm³/mol. The number of rotatable bonds is 8. The monoisotopic (exact) mass is 461 g/mol. The van der Waals surface area contributed by atoms with E-state index >= 15 is 0 Å². The third-order valence-electron chi connectivity index (χ3n) is 5.88. The van der Waals surface area contributed by atoms with Gasteiger partial charge in [-0.05, 0) is 57.0 Å². The van der Waals surface area contributed by atoms with Crippen molar-refractivity contribution >= 4 is 17.6 Å². The first-order valence-corrected chi connectivity index (χ1v) is 11.5. The van der Waals surface area contributed by atoms with Crippen LogP contribution in [0.2, 0.25) is 0 Å². The van der Waals surface area contributed by atoms with E-state index in [1.165, 1.54) is 12.8 Å². The summed E-state index contributed by atoms with van der Waals surface area (Å²) in [6.45, 7) is 2.65. The number of aliphatic hydroxyl groups excluding tert-OH is 1. The summed E-state index contributed by atoms with van der Waals surface area (Å²) in [5.41, 5.74) is 6.48. The molecule has 0 atom stereocenters. The minimum Gasteiger partial charge on any atom is -0.396 e. The van der Waals surface area contributed by atoms with Gasteiger partial charge < -0.3 is 15.7 Å². The van der Waals surface area contributed by atoms with Crippen LogP contribution in [0.3, 0.4) is 0 Å². The number of nitrogens with one attached hydrogen (secondary N) is 2. The number of hydrogen-bond acceptors (Lipinski definition) is 7. The third-order valence-corrected chi connectivity index (χ3v) is 5.88. The zero-order valence-corrected chi connectivity index (χ0v) is 19.8. The summed E-state index contributed by atoms with van der Waals surface area (Å²) in [6.07, 6.45) is 7.80. The number of imidazole rings is 1. The standard InChI is InChI=1S/C21H22N6O2.C4H9N/c1-14-10-15(4-5-16(14)13-29)20-12-23-21-18(22-7-3-9-28)11-17(25-27(20)21)19-6-8-24-26(19)2;1-5-4-2-3-4/h4-6,8,10-13,22,28H,3,7,9H2,1-2H3;4-5H,2-3H2,1H3. The molecule has 0 radical (unpaired) electrons. The third kappa shape index (κ3) is 5.16. The number of carbonyl (C=O) groups is 1. The number of nitrogens with zero attached hydrogens (tertiary/aromatic N) is 5.